The summed E-state index contributed by atoms with van der Waals surface area (Å²) in [4.78, 5) is 20.5. The number of benzene rings is 1. The van der Waals surface area contributed by atoms with E-state index in [0.717, 1.165) is 57.8 Å². The quantitative estimate of drug-likeness (QED) is 0.539. The summed E-state index contributed by atoms with van der Waals surface area (Å²) in [6.07, 6.45) is 4.72. The van der Waals surface area contributed by atoms with Gasteiger partial charge in [-0.3, -0.25) is 4.90 Å². The Kier molecular flexibility index (Phi) is 7.50. The second-order valence-corrected chi connectivity index (χ2v) is 8.25. The average Bonchev–Trinajstić information content (AvgIpc) is 3.47. The molecule has 34 heavy (non-hydrogen) atoms. The van der Waals surface area contributed by atoms with E-state index in [1.165, 1.54) is 22.8 Å². The number of carboxylic acids is 1. The molecule has 2 saturated heterocycles. The molecule has 3 aromatic rings. The first kappa shape index (κ1) is 24.2. The Labute approximate surface area is 202 Å². The molecule has 2 aromatic heterocycles. The summed E-state index contributed by atoms with van der Waals surface area (Å²) >= 11 is 0. The summed E-state index contributed by atoms with van der Waals surface area (Å²) in [5, 5.41) is 13.5. The Morgan fingerprint density at radius 2 is 2.06 bits per heavy atom. The molecule has 1 N–H and O–H groups in total. The number of rotatable bonds is 7. The lowest BCUT2D eigenvalue weighted by Gasteiger charge is -2.29. The molecule has 1 atom stereocenters. The van der Waals surface area contributed by atoms with Gasteiger partial charge >= 0.3 is 5.97 Å². The largest absolute Gasteiger partial charge is 0.492 e. The highest BCUT2D eigenvalue weighted by atomic mass is 35.5. The Morgan fingerprint density at radius 3 is 2.85 bits per heavy atom. The lowest BCUT2D eigenvalue weighted by molar-refractivity contribution is 0.0322. The molecule has 5 rings (SSSR count). The molecule has 0 aliphatic carbocycles. The number of morpholine rings is 1. The number of hydrogen-bond donors (Lipinski definition) is 1. The van der Waals surface area contributed by atoms with Gasteiger partial charge in [-0.05, 0) is 37.1 Å². The number of aromatic carboxylic acids is 1. The number of aromatic nitrogens is 3. The van der Waals surface area contributed by atoms with E-state index >= 15 is 0 Å². The fourth-order valence-corrected chi connectivity index (χ4v) is 4.56. The van der Waals surface area contributed by atoms with Gasteiger partial charge in [0, 0.05) is 37.9 Å². The third-order valence-corrected chi connectivity index (χ3v) is 6.23. The molecule has 0 radical (unpaired) electrons. The van der Waals surface area contributed by atoms with E-state index in [0.29, 0.717) is 18.2 Å². The van der Waals surface area contributed by atoms with E-state index in [1.54, 1.807) is 12.3 Å². The Hall–Kier alpha value is -2.95. The van der Waals surface area contributed by atoms with E-state index < -0.39 is 5.97 Å². The third-order valence-electron chi connectivity index (χ3n) is 6.23. The summed E-state index contributed by atoms with van der Waals surface area (Å²) in [7, 11) is 0. The Morgan fingerprint density at radius 1 is 1.24 bits per heavy atom. The van der Waals surface area contributed by atoms with Gasteiger partial charge in [0.1, 0.15) is 29.6 Å². The van der Waals surface area contributed by atoms with Crippen molar-refractivity contribution in [2.24, 2.45) is 0 Å². The number of nitrogens with zero attached hydrogens (tertiary/aromatic N) is 5. The number of ether oxygens (including phenoxy) is 2. The van der Waals surface area contributed by atoms with Gasteiger partial charge in [0.15, 0.2) is 5.65 Å². The van der Waals surface area contributed by atoms with E-state index in [4.69, 9.17) is 9.47 Å². The second kappa shape index (κ2) is 10.5. The minimum atomic E-state index is -1.08. The smallest absolute Gasteiger partial charge is 0.341 e. The molecule has 4 heterocycles. The zero-order chi connectivity index (χ0) is 22.8. The molecule has 1 aromatic carbocycles. The van der Waals surface area contributed by atoms with Gasteiger partial charge in [0.25, 0.3) is 0 Å². The highest BCUT2D eigenvalue weighted by molar-refractivity contribution is 5.94. The minimum absolute atomic E-state index is 0. The SMILES string of the molecule is Cl.O=C(O)c1cnn2ccc(N3CCC[C@@H]3c3cc(F)ccc3OCCN3CCOCC3)nc12. The molecule has 0 unspecified atom stereocenters. The van der Waals surface area contributed by atoms with Crippen LogP contribution in [-0.4, -0.2) is 76.6 Å². The van der Waals surface area contributed by atoms with E-state index in [2.05, 4.69) is 19.9 Å². The van der Waals surface area contributed by atoms with E-state index in [1.807, 2.05) is 6.07 Å². The lowest BCUT2D eigenvalue weighted by Crippen LogP contribution is -2.38. The predicted octanol–water partition coefficient (Wildman–Crippen LogP) is 3.04. The van der Waals surface area contributed by atoms with Crippen molar-refractivity contribution >= 4 is 29.8 Å². The van der Waals surface area contributed by atoms with Crippen molar-refractivity contribution in [3.63, 3.8) is 0 Å². The van der Waals surface area contributed by atoms with Crippen molar-refractivity contribution in [3.8, 4) is 5.75 Å². The van der Waals surface area contributed by atoms with Gasteiger partial charge in [0.05, 0.1) is 25.5 Å². The summed E-state index contributed by atoms with van der Waals surface area (Å²) in [5.74, 6) is -0.0896. The topological polar surface area (TPSA) is 92.4 Å². The number of carbonyl (C=O) groups is 1. The van der Waals surface area contributed by atoms with Crippen LogP contribution in [0.3, 0.4) is 0 Å². The molecule has 0 spiro atoms. The summed E-state index contributed by atoms with van der Waals surface area (Å²) in [6, 6.07) is 6.33. The molecule has 0 amide bonds. The van der Waals surface area contributed by atoms with Gasteiger partial charge in [-0.15, -0.1) is 12.4 Å². The van der Waals surface area contributed by atoms with Crippen molar-refractivity contribution in [1.82, 2.24) is 19.5 Å². The van der Waals surface area contributed by atoms with Crippen LogP contribution in [0.4, 0.5) is 10.2 Å². The molecule has 2 fully saturated rings. The van der Waals surface area contributed by atoms with Crippen LogP contribution in [0.1, 0.15) is 34.8 Å². The molecule has 2 aliphatic rings. The maximum Gasteiger partial charge on any atom is 0.341 e. The normalized spacial score (nSPS) is 18.7. The van der Waals surface area contributed by atoms with Crippen LogP contribution in [-0.2, 0) is 4.74 Å². The minimum Gasteiger partial charge on any atom is -0.492 e. The third kappa shape index (κ3) is 4.94. The van der Waals surface area contributed by atoms with Crippen LogP contribution in [0.25, 0.3) is 5.65 Å². The number of anilines is 1. The highest BCUT2D eigenvalue weighted by Gasteiger charge is 2.30. The first-order chi connectivity index (χ1) is 16.1. The molecule has 0 bridgehead atoms. The van der Waals surface area contributed by atoms with Gasteiger partial charge < -0.3 is 19.5 Å². The molecule has 182 valence electrons. The Bertz CT molecular complexity index is 1150. The van der Waals surface area contributed by atoms with Gasteiger partial charge in [0.2, 0.25) is 0 Å². The molecule has 2 aliphatic heterocycles. The fraction of sp³-hybridized carbons (Fsp3) is 0.435. The first-order valence-electron chi connectivity index (χ1n) is 11.2. The van der Waals surface area contributed by atoms with Crippen LogP contribution >= 0.6 is 12.4 Å². The average molecular weight is 492 g/mol. The number of hydrogen-bond acceptors (Lipinski definition) is 7. The summed E-state index contributed by atoms with van der Waals surface area (Å²) < 4.78 is 27.2. The highest BCUT2D eigenvalue weighted by Crippen LogP contribution is 2.39. The van der Waals surface area contributed by atoms with Crippen molar-refractivity contribution in [1.29, 1.82) is 0 Å². The number of carboxylic acid groups (broad SMARTS) is 1. The zero-order valence-corrected chi connectivity index (χ0v) is 19.4. The molecule has 9 nitrogen and oxygen atoms in total. The summed E-state index contributed by atoms with van der Waals surface area (Å²) in [6.45, 7) is 5.26. The van der Waals surface area contributed by atoms with Crippen LogP contribution < -0.4 is 9.64 Å². The van der Waals surface area contributed by atoms with Gasteiger partial charge in [-0.1, -0.05) is 0 Å². The maximum absolute atomic E-state index is 14.3. The van der Waals surface area contributed by atoms with Crippen molar-refractivity contribution in [2.75, 3.05) is 50.9 Å². The van der Waals surface area contributed by atoms with Crippen LogP contribution in [0.2, 0.25) is 0 Å². The zero-order valence-electron chi connectivity index (χ0n) is 18.6. The van der Waals surface area contributed by atoms with E-state index in [9.17, 15) is 14.3 Å². The number of halogens is 2. The van der Waals surface area contributed by atoms with Crippen LogP contribution in [0.5, 0.6) is 5.75 Å². The van der Waals surface area contributed by atoms with Crippen LogP contribution in [0, 0.1) is 5.82 Å². The van der Waals surface area contributed by atoms with Crippen molar-refractivity contribution in [2.45, 2.75) is 18.9 Å². The molecule has 11 heteroatoms. The van der Waals surface area contributed by atoms with Gasteiger partial charge in [-0.25, -0.2) is 18.7 Å². The monoisotopic (exact) mass is 491 g/mol. The maximum atomic E-state index is 14.3. The van der Waals surface area contributed by atoms with Crippen LogP contribution in [0.15, 0.2) is 36.7 Å². The van der Waals surface area contributed by atoms with Crippen molar-refractivity contribution < 1.29 is 23.8 Å². The molecule has 0 saturated carbocycles. The van der Waals surface area contributed by atoms with Crippen molar-refractivity contribution in [3.05, 3.63) is 53.6 Å². The second-order valence-electron chi connectivity index (χ2n) is 8.25. The molecular formula is C23H27ClFN5O4. The number of fused-ring (bicyclic) bond motifs is 1. The standard InChI is InChI=1S/C23H26FN5O4.ClH/c24-16-3-4-20(33-13-10-27-8-11-32-12-9-27)17(14-16)19-2-1-6-28(19)21-5-7-29-22(26-21)18(15-25-29)23(30)31;/h3-5,7,14-15,19H,1-2,6,8-13H2,(H,30,31);1H/t19-;/m1./s1. The predicted molar refractivity (Wildman–Crippen MR) is 126 cm³/mol. The molecular weight excluding hydrogens is 465 g/mol. The lowest BCUT2D eigenvalue weighted by atomic mass is 10.0. The summed E-state index contributed by atoms with van der Waals surface area (Å²) in [5.41, 5.74) is 1.11. The first-order valence-corrected chi connectivity index (χ1v) is 11.2. The van der Waals surface area contributed by atoms with Gasteiger partial charge in [-0.2, -0.15) is 5.10 Å². The van der Waals surface area contributed by atoms with E-state index in [-0.39, 0.29) is 35.5 Å². The Balaban J connectivity index is 0.00000274. The fourth-order valence-electron chi connectivity index (χ4n) is 4.56.